The van der Waals surface area contributed by atoms with E-state index in [4.69, 9.17) is 4.52 Å². The predicted molar refractivity (Wildman–Crippen MR) is 86.2 cm³/mol. The van der Waals surface area contributed by atoms with Crippen molar-refractivity contribution in [2.75, 3.05) is 0 Å². The molecule has 0 fully saturated rings. The Bertz CT molecular complexity index is 799. The molecule has 0 spiro atoms. The van der Waals surface area contributed by atoms with Gasteiger partial charge in [-0.25, -0.2) is 13.1 Å². The Balaban J connectivity index is 2.55. The number of aryl methyl sites for hydroxylation is 2. The van der Waals surface area contributed by atoms with Gasteiger partial charge in [-0.1, -0.05) is 17.3 Å². The van der Waals surface area contributed by atoms with Crippen LogP contribution in [0.25, 0.3) is 11.3 Å². The molecule has 1 N–H and O–H groups in total. The largest absolute Gasteiger partial charge is 0.356 e. The molecule has 120 valence electrons. The first-order chi connectivity index (χ1) is 10.0. The lowest BCUT2D eigenvalue weighted by Gasteiger charge is -2.21. The molecule has 0 amide bonds. The van der Waals surface area contributed by atoms with E-state index in [1.807, 2.05) is 40.7 Å². The summed E-state index contributed by atoms with van der Waals surface area (Å²) < 4.78 is 33.2. The monoisotopic (exact) mass is 322 g/mol. The summed E-state index contributed by atoms with van der Waals surface area (Å²) in [4.78, 5) is 0.258. The van der Waals surface area contributed by atoms with E-state index in [-0.39, 0.29) is 4.90 Å². The molecule has 0 saturated heterocycles. The van der Waals surface area contributed by atoms with Gasteiger partial charge in [-0.15, -0.1) is 0 Å². The van der Waals surface area contributed by atoms with E-state index in [1.54, 1.807) is 19.1 Å². The normalized spacial score (nSPS) is 12.6. The SMILES string of the molecule is Cc1ccc(-c2onc(C)c2C)cc1S(=O)(=O)NC(C)(C)C. The fraction of sp³-hybridized carbons (Fsp3) is 0.438. The zero-order chi connectivity index (χ0) is 16.7. The van der Waals surface area contributed by atoms with Gasteiger partial charge in [0.1, 0.15) is 0 Å². The standard InChI is InChI=1S/C16H22N2O3S/c1-10-7-8-13(15-11(2)12(3)17-21-15)9-14(10)22(19,20)18-16(4,5)6/h7-9,18H,1-6H3. The van der Waals surface area contributed by atoms with E-state index in [0.29, 0.717) is 16.9 Å². The summed E-state index contributed by atoms with van der Waals surface area (Å²) >= 11 is 0. The Labute approximate surface area is 131 Å². The second-order valence-corrected chi connectivity index (χ2v) is 8.21. The first-order valence-electron chi connectivity index (χ1n) is 7.09. The van der Waals surface area contributed by atoms with Crippen molar-refractivity contribution in [1.82, 2.24) is 9.88 Å². The minimum Gasteiger partial charge on any atom is -0.356 e. The van der Waals surface area contributed by atoms with Gasteiger partial charge in [0.05, 0.1) is 10.6 Å². The van der Waals surface area contributed by atoms with Crippen molar-refractivity contribution in [1.29, 1.82) is 0 Å². The second-order valence-electron chi connectivity index (χ2n) is 6.56. The van der Waals surface area contributed by atoms with Gasteiger partial charge in [0.15, 0.2) is 5.76 Å². The van der Waals surface area contributed by atoms with Crippen LogP contribution in [-0.4, -0.2) is 19.1 Å². The van der Waals surface area contributed by atoms with Crippen LogP contribution in [0.4, 0.5) is 0 Å². The third-order valence-corrected chi connectivity index (χ3v) is 5.24. The van der Waals surface area contributed by atoms with Crippen LogP contribution in [0, 0.1) is 20.8 Å². The van der Waals surface area contributed by atoms with Crippen molar-refractivity contribution in [2.45, 2.75) is 52.0 Å². The minimum atomic E-state index is -3.60. The smallest absolute Gasteiger partial charge is 0.241 e. The summed E-state index contributed by atoms with van der Waals surface area (Å²) in [6.45, 7) is 11.0. The third-order valence-electron chi connectivity index (χ3n) is 3.34. The average Bonchev–Trinajstić information content (AvgIpc) is 2.68. The fourth-order valence-corrected chi connectivity index (χ4v) is 3.86. The maximum absolute atomic E-state index is 12.6. The minimum absolute atomic E-state index is 0.258. The van der Waals surface area contributed by atoms with Gasteiger partial charge in [0.2, 0.25) is 10.0 Å². The van der Waals surface area contributed by atoms with Crippen LogP contribution in [-0.2, 0) is 10.0 Å². The van der Waals surface area contributed by atoms with Gasteiger partial charge in [0, 0.05) is 16.7 Å². The molecule has 2 aromatic rings. The van der Waals surface area contributed by atoms with Crippen LogP contribution in [0.5, 0.6) is 0 Å². The highest BCUT2D eigenvalue weighted by atomic mass is 32.2. The van der Waals surface area contributed by atoms with Gasteiger partial charge in [0.25, 0.3) is 0 Å². The maximum atomic E-state index is 12.6. The molecule has 0 saturated carbocycles. The summed E-state index contributed by atoms with van der Waals surface area (Å²) in [5.41, 5.74) is 2.57. The number of sulfonamides is 1. The van der Waals surface area contributed by atoms with E-state index < -0.39 is 15.6 Å². The zero-order valence-corrected chi connectivity index (χ0v) is 14.6. The van der Waals surface area contributed by atoms with Crippen LogP contribution < -0.4 is 4.72 Å². The van der Waals surface area contributed by atoms with Crippen molar-refractivity contribution in [3.63, 3.8) is 0 Å². The Hall–Kier alpha value is -1.66. The van der Waals surface area contributed by atoms with E-state index in [9.17, 15) is 8.42 Å². The first kappa shape index (κ1) is 16.7. The lowest BCUT2D eigenvalue weighted by Crippen LogP contribution is -2.40. The molecule has 1 heterocycles. The van der Waals surface area contributed by atoms with E-state index >= 15 is 0 Å². The average molecular weight is 322 g/mol. The van der Waals surface area contributed by atoms with Gasteiger partial charge >= 0.3 is 0 Å². The van der Waals surface area contributed by atoms with Crippen LogP contribution in [0.15, 0.2) is 27.6 Å². The molecule has 0 unspecified atom stereocenters. The summed E-state index contributed by atoms with van der Waals surface area (Å²) in [7, 11) is -3.60. The van der Waals surface area contributed by atoms with Crippen molar-refractivity contribution in [3.05, 3.63) is 35.0 Å². The first-order valence-corrected chi connectivity index (χ1v) is 8.57. The van der Waals surface area contributed by atoms with Gasteiger partial charge < -0.3 is 4.52 Å². The Morgan fingerprint density at radius 3 is 2.27 bits per heavy atom. The zero-order valence-electron chi connectivity index (χ0n) is 13.8. The topological polar surface area (TPSA) is 72.2 Å². The number of nitrogens with one attached hydrogen (secondary N) is 1. The highest BCUT2D eigenvalue weighted by Gasteiger charge is 2.24. The van der Waals surface area contributed by atoms with Gasteiger partial charge in [-0.3, -0.25) is 0 Å². The molecule has 1 aromatic heterocycles. The fourth-order valence-electron chi connectivity index (χ4n) is 2.17. The summed E-state index contributed by atoms with van der Waals surface area (Å²) in [6.07, 6.45) is 0. The quantitative estimate of drug-likeness (QED) is 0.940. The van der Waals surface area contributed by atoms with Crippen LogP contribution in [0.1, 0.15) is 37.6 Å². The number of hydrogen-bond acceptors (Lipinski definition) is 4. The third kappa shape index (κ3) is 3.39. The lowest BCUT2D eigenvalue weighted by atomic mass is 10.1. The highest BCUT2D eigenvalue weighted by Crippen LogP contribution is 2.29. The highest BCUT2D eigenvalue weighted by molar-refractivity contribution is 7.89. The molecule has 2 rings (SSSR count). The maximum Gasteiger partial charge on any atom is 0.241 e. The van der Waals surface area contributed by atoms with Crippen molar-refractivity contribution in [2.24, 2.45) is 0 Å². The van der Waals surface area contributed by atoms with Crippen LogP contribution in [0.3, 0.4) is 0 Å². The number of aromatic nitrogens is 1. The summed E-state index contributed by atoms with van der Waals surface area (Å²) in [6, 6.07) is 5.26. The second kappa shape index (κ2) is 5.52. The Morgan fingerprint density at radius 1 is 1.14 bits per heavy atom. The molecule has 0 atom stereocenters. The summed E-state index contributed by atoms with van der Waals surface area (Å²) in [5.74, 6) is 0.602. The Kier molecular flexibility index (Phi) is 4.19. The molecule has 0 aliphatic heterocycles. The lowest BCUT2D eigenvalue weighted by molar-refractivity contribution is 0.426. The van der Waals surface area contributed by atoms with Gasteiger partial charge in [-0.05, 0) is 53.2 Å². The number of rotatable bonds is 3. The van der Waals surface area contributed by atoms with Gasteiger partial charge in [-0.2, -0.15) is 0 Å². The molecule has 0 aliphatic rings. The Morgan fingerprint density at radius 2 is 1.77 bits per heavy atom. The van der Waals surface area contributed by atoms with E-state index in [0.717, 1.165) is 11.3 Å². The number of hydrogen-bond donors (Lipinski definition) is 1. The van der Waals surface area contributed by atoms with Crippen molar-refractivity contribution in [3.8, 4) is 11.3 Å². The molecular formula is C16H22N2O3S. The molecule has 0 bridgehead atoms. The number of nitrogens with zero attached hydrogens (tertiary/aromatic N) is 1. The summed E-state index contributed by atoms with van der Waals surface area (Å²) in [5, 5.41) is 3.93. The molecule has 0 radical (unpaired) electrons. The van der Waals surface area contributed by atoms with Crippen molar-refractivity contribution < 1.29 is 12.9 Å². The van der Waals surface area contributed by atoms with E-state index in [1.165, 1.54) is 0 Å². The van der Waals surface area contributed by atoms with Crippen LogP contribution in [0.2, 0.25) is 0 Å². The molecule has 6 heteroatoms. The van der Waals surface area contributed by atoms with E-state index in [2.05, 4.69) is 9.88 Å². The molecule has 22 heavy (non-hydrogen) atoms. The van der Waals surface area contributed by atoms with Crippen LogP contribution >= 0.6 is 0 Å². The molecular weight excluding hydrogens is 300 g/mol. The molecule has 5 nitrogen and oxygen atoms in total. The molecule has 1 aromatic carbocycles. The molecule has 0 aliphatic carbocycles. The predicted octanol–water partition coefficient (Wildman–Crippen LogP) is 3.34. The van der Waals surface area contributed by atoms with Crippen molar-refractivity contribution >= 4 is 10.0 Å². The number of benzene rings is 1.